The fourth-order valence-electron chi connectivity index (χ4n) is 4.46. The third kappa shape index (κ3) is 5.66. The van der Waals surface area contributed by atoms with Crippen molar-refractivity contribution in [2.75, 3.05) is 21.3 Å². The molecule has 0 spiro atoms. The first-order valence-corrected chi connectivity index (χ1v) is 9.68. The van der Waals surface area contributed by atoms with Crippen LogP contribution >= 0.6 is 0 Å². The molecule has 0 bridgehead atoms. The van der Waals surface area contributed by atoms with E-state index in [1.807, 2.05) is 0 Å². The summed E-state index contributed by atoms with van der Waals surface area (Å²) in [7, 11) is 5.05. The summed E-state index contributed by atoms with van der Waals surface area (Å²) in [6.45, 7) is 2.30. The highest BCUT2D eigenvalue weighted by molar-refractivity contribution is 5.67. The number of carbonyl (C=O) groups is 1. The molecule has 2 aliphatic carbocycles. The van der Waals surface area contributed by atoms with Gasteiger partial charge in [-0.25, -0.2) is 0 Å². The number of methoxy groups -OCH3 is 3. The van der Waals surface area contributed by atoms with Gasteiger partial charge in [-0.05, 0) is 49.0 Å². The predicted octanol–water partition coefficient (Wildman–Crippen LogP) is 3.83. The van der Waals surface area contributed by atoms with Crippen LogP contribution in [0.5, 0.6) is 0 Å². The predicted molar refractivity (Wildman–Crippen MR) is 101 cm³/mol. The molecule has 148 valence electrons. The first-order valence-electron chi connectivity index (χ1n) is 9.68. The van der Waals surface area contributed by atoms with Crippen LogP contribution < -0.4 is 0 Å². The Balaban J connectivity index is 1.95. The standard InChI is InChI=1S/C21H34O5/c1-14-5-6-15-11-16(24-2)8-10-20(15)19(14)9-7-17(25-3)12-18(26-4)13-21(22)23/h5-6,11,14,16-20H,7-10,12-13H2,1-4H3,(H,22,23). The van der Waals surface area contributed by atoms with Crippen LogP contribution in [0.2, 0.25) is 0 Å². The van der Waals surface area contributed by atoms with Crippen LogP contribution in [0.4, 0.5) is 0 Å². The quantitative estimate of drug-likeness (QED) is 0.636. The summed E-state index contributed by atoms with van der Waals surface area (Å²) in [4.78, 5) is 11.0. The zero-order valence-electron chi connectivity index (χ0n) is 16.5. The molecule has 0 aromatic heterocycles. The van der Waals surface area contributed by atoms with Crippen LogP contribution in [0, 0.1) is 17.8 Å². The van der Waals surface area contributed by atoms with Gasteiger partial charge < -0.3 is 19.3 Å². The smallest absolute Gasteiger partial charge is 0.305 e. The van der Waals surface area contributed by atoms with Crippen molar-refractivity contribution < 1.29 is 24.1 Å². The molecule has 2 aliphatic rings. The fraction of sp³-hybridized carbons (Fsp3) is 0.762. The van der Waals surface area contributed by atoms with Crippen LogP contribution in [-0.4, -0.2) is 50.7 Å². The second-order valence-corrected chi connectivity index (χ2v) is 7.63. The van der Waals surface area contributed by atoms with Gasteiger partial charge in [0.1, 0.15) is 0 Å². The lowest BCUT2D eigenvalue weighted by Crippen LogP contribution is -2.32. The lowest BCUT2D eigenvalue weighted by molar-refractivity contribution is -0.140. The number of fused-ring (bicyclic) bond motifs is 1. The third-order valence-corrected chi connectivity index (χ3v) is 6.07. The van der Waals surface area contributed by atoms with E-state index in [1.54, 1.807) is 21.3 Å². The molecule has 5 heteroatoms. The number of ether oxygens (including phenoxy) is 3. The average molecular weight is 366 g/mol. The van der Waals surface area contributed by atoms with Gasteiger partial charge in [0.2, 0.25) is 0 Å². The molecule has 0 amide bonds. The Kier molecular flexibility index (Phi) is 8.32. The number of hydrogen-bond donors (Lipinski definition) is 1. The van der Waals surface area contributed by atoms with Crippen LogP contribution in [0.3, 0.4) is 0 Å². The number of rotatable bonds is 10. The molecular weight excluding hydrogens is 332 g/mol. The van der Waals surface area contributed by atoms with Crippen molar-refractivity contribution in [2.45, 2.75) is 63.8 Å². The molecule has 26 heavy (non-hydrogen) atoms. The van der Waals surface area contributed by atoms with Crippen LogP contribution in [-0.2, 0) is 19.0 Å². The summed E-state index contributed by atoms with van der Waals surface area (Å²) >= 11 is 0. The first-order chi connectivity index (χ1) is 12.5. The van der Waals surface area contributed by atoms with Crippen molar-refractivity contribution in [3.05, 3.63) is 23.8 Å². The monoisotopic (exact) mass is 366 g/mol. The van der Waals surface area contributed by atoms with E-state index in [0.717, 1.165) is 19.3 Å². The first kappa shape index (κ1) is 21.1. The molecule has 6 atom stereocenters. The maximum Gasteiger partial charge on any atom is 0.305 e. The summed E-state index contributed by atoms with van der Waals surface area (Å²) in [6, 6.07) is 0. The Morgan fingerprint density at radius 3 is 2.58 bits per heavy atom. The molecule has 0 aromatic rings. The van der Waals surface area contributed by atoms with E-state index in [-0.39, 0.29) is 24.7 Å². The zero-order valence-corrected chi connectivity index (χ0v) is 16.5. The number of aliphatic carboxylic acids is 1. The van der Waals surface area contributed by atoms with E-state index < -0.39 is 5.97 Å². The fourth-order valence-corrected chi connectivity index (χ4v) is 4.46. The molecule has 0 aromatic carbocycles. The number of carboxylic acids is 1. The molecule has 0 fully saturated rings. The minimum absolute atomic E-state index is 0.0207. The molecule has 0 saturated heterocycles. The van der Waals surface area contributed by atoms with Gasteiger partial charge in [0, 0.05) is 27.8 Å². The molecule has 6 unspecified atom stereocenters. The average Bonchev–Trinajstić information content (AvgIpc) is 2.64. The molecule has 0 radical (unpaired) electrons. The molecule has 1 N–H and O–H groups in total. The lowest BCUT2D eigenvalue weighted by atomic mass is 9.67. The molecule has 0 heterocycles. The normalized spacial score (nSPS) is 30.4. The summed E-state index contributed by atoms with van der Waals surface area (Å²) in [6.07, 6.45) is 11.7. The van der Waals surface area contributed by atoms with Crippen molar-refractivity contribution in [3.63, 3.8) is 0 Å². The summed E-state index contributed by atoms with van der Waals surface area (Å²) < 4.78 is 16.5. The Bertz CT molecular complexity index is 513. The second kappa shape index (κ2) is 10.2. The maximum absolute atomic E-state index is 11.0. The van der Waals surface area contributed by atoms with Crippen LogP contribution in [0.15, 0.2) is 23.8 Å². The minimum Gasteiger partial charge on any atom is -0.481 e. The van der Waals surface area contributed by atoms with Gasteiger partial charge in [-0.1, -0.05) is 25.2 Å². The molecular formula is C21H34O5. The van der Waals surface area contributed by atoms with Gasteiger partial charge in [-0.3, -0.25) is 4.79 Å². The highest BCUT2D eigenvalue weighted by Gasteiger charge is 2.34. The van der Waals surface area contributed by atoms with E-state index in [0.29, 0.717) is 24.2 Å². The Hall–Kier alpha value is -1.17. The summed E-state index contributed by atoms with van der Waals surface area (Å²) in [5.74, 6) is 0.909. The number of carboxylic acid groups (broad SMARTS) is 1. The van der Waals surface area contributed by atoms with E-state index >= 15 is 0 Å². The molecule has 0 aliphatic heterocycles. The Morgan fingerprint density at radius 2 is 1.96 bits per heavy atom. The van der Waals surface area contributed by atoms with Gasteiger partial charge in [-0.15, -0.1) is 0 Å². The molecule has 2 rings (SSSR count). The van der Waals surface area contributed by atoms with Crippen LogP contribution in [0.1, 0.15) is 45.4 Å². The zero-order chi connectivity index (χ0) is 19.1. The van der Waals surface area contributed by atoms with Crippen molar-refractivity contribution in [3.8, 4) is 0 Å². The topological polar surface area (TPSA) is 65.0 Å². The van der Waals surface area contributed by atoms with Gasteiger partial charge >= 0.3 is 5.97 Å². The summed E-state index contributed by atoms with van der Waals surface area (Å²) in [5, 5.41) is 9.00. The van der Waals surface area contributed by atoms with Gasteiger partial charge in [-0.2, -0.15) is 0 Å². The van der Waals surface area contributed by atoms with E-state index in [2.05, 4.69) is 25.2 Å². The van der Waals surface area contributed by atoms with E-state index in [9.17, 15) is 4.79 Å². The van der Waals surface area contributed by atoms with Crippen molar-refractivity contribution >= 4 is 5.97 Å². The molecule has 0 saturated carbocycles. The number of hydrogen-bond acceptors (Lipinski definition) is 4. The highest BCUT2D eigenvalue weighted by Crippen LogP contribution is 2.42. The van der Waals surface area contributed by atoms with Gasteiger partial charge in [0.15, 0.2) is 0 Å². The van der Waals surface area contributed by atoms with Crippen molar-refractivity contribution in [1.29, 1.82) is 0 Å². The SMILES string of the molecule is COC1C=C2C=CC(C)C(CCC(CC(CC(=O)O)OC)OC)C2CC1. The second-order valence-electron chi connectivity index (χ2n) is 7.63. The Labute approximate surface area is 157 Å². The lowest BCUT2D eigenvalue weighted by Gasteiger charge is -2.39. The maximum atomic E-state index is 11.0. The van der Waals surface area contributed by atoms with Gasteiger partial charge in [0.05, 0.1) is 24.7 Å². The van der Waals surface area contributed by atoms with Crippen molar-refractivity contribution in [1.82, 2.24) is 0 Å². The van der Waals surface area contributed by atoms with Gasteiger partial charge in [0.25, 0.3) is 0 Å². The van der Waals surface area contributed by atoms with Crippen LogP contribution in [0.25, 0.3) is 0 Å². The number of allylic oxidation sites excluding steroid dienone is 3. The van der Waals surface area contributed by atoms with E-state index in [4.69, 9.17) is 19.3 Å². The largest absolute Gasteiger partial charge is 0.481 e. The minimum atomic E-state index is -0.831. The Morgan fingerprint density at radius 1 is 1.23 bits per heavy atom. The van der Waals surface area contributed by atoms with Crippen molar-refractivity contribution in [2.24, 2.45) is 17.8 Å². The third-order valence-electron chi connectivity index (χ3n) is 6.07. The highest BCUT2D eigenvalue weighted by atomic mass is 16.5. The van der Waals surface area contributed by atoms with E-state index in [1.165, 1.54) is 12.0 Å². The molecule has 5 nitrogen and oxygen atoms in total. The summed E-state index contributed by atoms with van der Waals surface area (Å²) in [5.41, 5.74) is 1.42.